The minimum atomic E-state index is -3.71. The quantitative estimate of drug-likeness (QED) is 0.210. The Balaban J connectivity index is 1.73. The van der Waals surface area contributed by atoms with Crippen molar-refractivity contribution < 1.29 is 27.8 Å². The van der Waals surface area contributed by atoms with Gasteiger partial charge in [-0.2, -0.15) is 0 Å². The molecule has 4 rings (SSSR count). The predicted octanol–water partition coefficient (Wildman–Crippen LogP) is 3.58. The summed E-state index contributed by atoms with van der Waals surface area (Å²) in [4.78, 5) is 18.6. The Bertz CT molecular complexity index is 1400. The molecule has 0 aliphatic carbocycles. The molecule has 0 spiro atoms. The smallest absolute Gasteiger partial charge is 0.266 e. The third-order valence-corrected chi connectivity index (χ3v) is 8.56. The Hall–Kier alpha value is -3.25. The second-order valence-corrected chi connectivity index (χ2v) is 12.0. The van der Waals surface area contributed by atoms with E-state index in [0.717, 1.165) is 4.47 Å². The number of sulfone groups is 1. The van der Waals surface area contributed by atoms with Crippen LogP contribution in [-0.4, -0.2) is 56.9 Å². The molecule has 0 unspecified atom stereocenters. The van der Waals surface area contributed by atoms with Crippen LogP contribution in [0.3, 0.4) is 0 Å². The maximum atomic E-state index is 13.6. The van der Waals surface area contributed by atoms with Gasteiger partial charge in [0.05, 0.1) is 17.3 Å². The van der Waals surface area contributed by atoms with Crippen molar-refractivity contribution in [2.45, 2.75) is 29.4 Å². The van der Waals surface area contributed by atoms with Crippen LogP contribution < -0.4 is 15.6 Å². The molecule has 0 fully saturated rings. The molecule has 0 radical (unpaired) electrons. The van der Waals surface area contributed by atoms with Crippen LogP contribution in [0.5, 0.6) is 5.75 Å². The average molecular weight is 617 g/mol. The number of ether oxygens (including phenoxy) is 2. The van der Waals surface area contributed by atoms with Crippen LogP contribution in [-0.2, 0) is 19.4 Å². The molecule has 0 aromatic heterocycles. The van der Waals surface area contributed by atoms with Crippen molar-refractivity contribution in [3.8, 4) is 5.75 Å². The standard InChI is InChI=1S/C28H30BrN3O6S/c1-30-32-27(34)28(16-19-39(35,36)24-6-3-2-4-7-24)25(20-8-12-22(29)13-9-20)38-26(31-28)21-10-14-23(15-11-21)37-18-5-17-33/h2-4,6-15,25,30,33H,5,16-19H2,1H3,(H,32,34)/t25-,28-/m0/s1. The number of hydrogen-bond donors (Lipinski definition) is 3. The number of carbonyl (C=O) groups excluding carboxylic acids is 1. The van der Waals surface area contributed by atoms with Gasteiger partial charge in [0.15, 0.2) is 21.5 Å². The summed E-state index contributed by atoms with van der Waals surface area (Å²) in [5.74, 6) is -0.00407. The molecule has 206 valence electrons. The highest BCUT2D eigenvalue weighted by Gasteiger charge is 2.53. The second kappa shape index (κ2) is 12.7. The molecule has 1 aliphatic rings. The van der Waals surface area contributed by atoms with Crippen LogP contribution in [0.4, 0.5) is 0 Å². The molecule has 9 nitrogen and oxygen atoms in total. The van der Waals surface area contributed by atoms with Gasteiger partial charge in [0, 0.05) is 36.5 Å². The van der Waals surface area contributed by atoms with Gasteiger partial charge in [-0.1, -0.05) is 46.3 Å². The lowest BCUT2D eigenvalue weighted by Crippen LogP contribution is -2.52. The van der Waals surface area contributed by atoms with Gasteiger partial charge >= 0.3 is 0 Å². The van der Waals surface area contributed by atoms with Crippen LogP contribution in [0, 0.1) is 0 Å². The molecule has 0 saturated heterocycles. The van der Waals surface area contributed by atoms with E-state index in [1.807, 2.05) is 24.3 Å². The number of rotatable bonds is 12. The van der Waals surface area contributed by atoms with Crippen molar-refractivity contribution in [1.82, 2.24) is 10.9 Å². The van der Waals surface area contributed by atoms with Crippen LogP contribution in [0.15, 0.2) is 93.2 Å². The lowest BCUT2D eigenvalue weighted by atomic mass is 9.85. The molecule has 1 heterocycles. The number of aliphatic imine (C=N–C) groups is 1. The van der Waals surface area contributed by atoms with Crippen LogP contribution in [0.2, 0.25) is 0 Å². The van der Waals surface area contributed by atoms with Gasteiger partial charge in [0.2, 0.25) is 5.90 Å². The van der Waals surface area contributed by atoms with E-state index in [1.54, 1.807) is 49.5 Å². The van der Waals surface area contributed by atoms with Crippen molar-refractivity contribution in [3.63, 3.8) is 0 Å². The summed E-state index contributed by atoms with van der Waals surface area (Å²) in [5.41, 5.74) is 4.95. The molecule has 1 aliphatic heterocycles. The topological polar surface area (TPSA) is 126 Å². The third kappa shape index (κ3) is 6.67. The minimum Gasteiger partial charge on any atom is -0.494 e. The molecule has 11 heteroatoms. The summed E-state index contributed by atoms with van der Waals surface area (Å²) in [5, 5.41) is 8.97. The highest BCUT2D eigenvalue weighted by molar-refractivity contribution is 9.10. The van der Waals surface area contributed by atoms with Crippen LogP contribution >= 0.6 is 15.9 Å². The molecule has 0 bridgehead atoms. The Kier molecular flexibility index (Phi) is 9.39. The van der Waals surface area contributed by atoms with Gasteiger partial charge in [0.1, 0.15) is 5.75 Å². The third-order valence-electron chi connectivity index (χ3n) is 6.30. The van der Waals surface area contributed by atoms with Crippen molar-refractivity contribution >= 4 is 37.6 Å². The lowest BCUT2D eigenvalue weighted by molar-refractivity contribution is -0.129. The molecule has 2 atom stereocenters. The minimum absolute atomic E-state index is 0.0386. The van der Waals surface area contributed by atoms with E-state index in [9.17, 15) is 13.2 Å². The number of nitrogens with one attached hydrogen (secondary N) is 2. The summed E-state index contributed by atoms with van der Waals surface area (Å²) >= 11 is 3.43. The average Bonchev–Trinajstić information content (AvgIpc) is 3.35. The highest BCUT2D eigenvalue weighted by atomic mass is 79.9. The summed E-state index contributed by atoms with van der Waals surface area (Å²) in [6.07, 6.45) is -0.494. The van der Waals surface area contributed by atoms with E-state index in [-0.39, 0.29) is 29.6 Å². The highest BCUT2D eigenvalue weighted by Crippen LogP contribution is 2.43. The molecule has 39 heavy (non-hydrogen) atoms. The number of halogens is 1. The molecule has 3 aromatic carbocycles. The summed E-state index contributed by atoms with van der Waals surface area (Å²) in [6, 6.07) is 22.5. The first-order valence-corrected chi connectivity index (χ1v) is 14.8. The van der Waals surface area contributed by atoms with Gasteiger partial charge < -0.3 is 14.6 Å². The van der Waals surface area contributed by atoms with Gasteiger partial charge in [0.25, 0.3) is 5.91 Å². The summed E-state index contributed by atoms with van der Waals surface area (Å²) < 4.78 is 39.2. The fourth-order valence-corrected chi connectivity index (χ4v) is 5.92. The zero-order valence-electron chi connectivity index (χ0n) is 21.3. The van der Waals surface area contributed by atoms with Crippen molar-refractivity contribution in [2.24, 2.45) is 4.99 Å². The van der Waals surface area contributed by atoms with Crippen molar-refractivity contribution in [1.29, 1.82) is 0 Å². The van der Waals surface area contributed by atoms with Crippen LogP contribution in [0.25, 0.3) is 0 Å². The van der Waals surface area contributed by atoms with Crippen LogP contribution in [0.1, 0.15) is 30.1 Å². The van der Waals surface area contributed by atoms with Crippen molar-refractivity contribution in [2.75, 3.05) is 26.0 Å². The van der Waals surface area contributed by atoms with Gasteiger partial charge in [-0.3, -0.25) is 10.2 Å². The number of carbonyl (C=O) groups is 1. The maximum Gasteiger partial charge on any atom is 0.266 e. The number of hydrazine groups is 1. The van der Waals surface area contributed by atoms with Gasteiger partial charge in [-0.15, -0.1) is 0 Å². The van der Waals surface area contributed by atoms with Gasteiger partial charge in [-0.25, -0.2) is 18.8 Å². The Morgan fingerprint density at radius 1 is 1.08 bits per heavy atom. The van der Waals surface area contributed by atoms with E-state index in [2.05, 4.69) is 26.8 Å². The number of nitrogens with zero attached hydrogens (tertiary/aromatic N) is 1. The molecule has 3 N–H and O–H groups in total. The SMILES string of the molecule is CNNC(=O)[C@@]1(CCS(=O)(=O)c2ccccc2)N=C(c2ccc(OCCCO)cc2)O[C@H]1c1ccc(Br)cc1. The first kappa shape index (κ1) is 28.8. The lowest BCUT2D eigenvalue weighted by Gasteiger charge is -2.30. The normalized spacial score (nSPS) is 18.7. The fourth-order valence-electron chi connectivity index (χ4n) is 4.27. The zero-order chi connectivity index (χ0) is 27.9. The Morgan fingerprint density at radius 3 is 2.41 bits per heavy atom. The van der Waals surface area contributed by atoms with E-state index in [0.29, 0.717) is 29.9 Å². The summed E-state index contributed by atoms with van der Waals surface area (Å²) in [7, 11) is -2.16. The van der Waals surface area contributed by atoms with E-state index in [1.165, 1.54) is 12.1 Å². The number of benzene rings is 3. The molecule has 1 amide bonds. The predicted molar refractivity (Wildman–Crippen MR) is 151 cm³/mol. The molecular weight excluding hydrogens is 586 g/mol. The Morgan fingerprint density at radius 2 is 1.77 bits per heavy atom. The zero-order valence-corrected chi connectivity index (χ0v) is 23.7. The summed E-state index contributed by atoms with van der Waals surface area (Å²) in [6.45, 7) is 0.416. The van der Waals surface area contributed by atoms with E-state index in [4.69, 9.17) is 19.6 Å². The van der Waals surface area contributed by atoms with Gasteiger partial charge in [-0.05, 0) is 54.1 Å². The largest absolute Gasteiger partial charge is 0.494 e. The molecular formula is C28H30BrN3O6S. The second-order valence-electron chi connectivity index (χ2n) is 8.93. The maximum absolute atomic E-state index is 13.6. The van der Waals surface area contributed by atoms with E-state index < -0.39 is 27.4 Å². The molecule has 0 saturated carbocycles. The number of aliphatic hydroxyl groups is 1. The number of aliphatic hydroxyl groups excluding tert-OH is 1. The Labute approximate surface area is 236 Å². The van der Waals surface area contributed by atoms with Crippen molar-refractivity contribution in [3.05, 3.63) is 94.5 Å². The van der Waals surface area contributed by atoms with E-state index >= 15 is 0 Å². The number of hydrogen-bond acceptors (Lipinski definition) is 8. The fraction of sp³-hybridized carbons (Fsp3) is 0.286. The first-order chi connectivity index (χ1) is 18.8. The molecule has 3 aromatic rings. The first-order valence-electron chi connectivity index (χ1n) is 12.4. The number of amides is 1. The monoisotopic (exact) mass is 615 g/mol.